The lowest BCUT2D eigenvalue weighted by Gasteiger charge is -2.33. The molecule has 2 rings (SSSR count). The van der Waals surface area contributed by atoms with Crippen LogP contribution < -0.4 is 5.32 Å². The van der Waals surface area contributed by atoms with Crippen LogP contribution in [0.1, 0.15) is 38.1 Å². The molecule has 5 nitrogen and oxygen atoms in total. The van der Waals surface area contributed by atoms with E-state index in [-0.39, 0.29) is 6.03 Å². The third-order valence-corrected chi connectivity index (χ3v) is 4.03. The Morgan fingerprint density at radius 3 is 2.47 bits per heavy atom. The molecule has 1 N–H and O–H groups in total. The Balaban J connectivity index is 1.92. The van der Waals surface area contributed by atoms with Gasteiger partial charge < -0.3 is 14.7 Å². The topological polar surface area (TPSA) is 58.4 Å². The van der Waals surface area contributed by atoms with Gasteiger partial charge in [-0.1, -0.05) is 19.0 Å². The summed E-state index contributed by atoms with van der Waals surface area (Å²) in [6.45, 7) is 9.81. The normalized spacial score (nSPS) is 17.0. The van der Waals surface area contributed by atoms with Crippen molar-refractivity contribution in [1.29, 1.82) is 0 Å². The Morgan fingerprint density at radius 2 is 2.00 bits per heavy atom. The highest BCUT2D eigenvalue weighted by Gasteiger charge is 2.25. The van der Waals surface area contributed by atoms with E-state index in [0.29, 0.717) is 17.4 Å². The summed E-state index contributed by atoms with van der Waals surface area (Å²) in [4.78, 5) is 14.1. The number of likely N-dealkylation sites (tertiary alicyclic amines) is 1. The predicted molar refractivity (Wildman–Crippen MR) is 74.1 cm³/mol. The lowest BCUT2D eigenvalue weighted by molar-refractivity contribution is 0.167. The van der Waals surface area contributed by atoms with Crippen molar-refractivity contribution >= 4 is 11.7 Å². The first-order valence-electron chi connectivity index (χ1n) is 6.98. The van der Waals surface area contributed by atoms with Crippen LogP contribution in [0.25, 0.3) is 0 Å². The maximum atomic E-state index is 12.2. The van der Waals surface area contributed by atoms with Crippen molar-refractivity contribution in [2.45, 2.75) is 40.5 Å². The molecule has 5 heteroatoms. The number of anilines is 1. The molecule has 0 bridgehead atoms. The van der Waals surface area contributed by atoms with Crippen molar-refractivity contribution in [2.75, 3.05) is 18.4 Å². The minimum absolute atomic E-state index is 0.0448. The number of aryl methyl sites for hydroxylation is 2. The van der Waals surface area contributed by atoms with E-state index in [0.717, 1.165) is 37.5 Å². The number of amides is 2. The fraction of sp³-hybridized carbons (Fsp3) is 0.714. The van der Waals surface area contributed by atoms with Crippen LogP contribution in [0.15, 0.2) is 4.52 Å². The van der Waals surface area contributed by atoms with E-state index in [4.69, 9.17) is 4.52 Å². The van der Waals surface area contributed by atoms with Crippen LogP contribution in [0.5, 0.6) is 0 Å². The largest absolute Gasteiger partial charge is 0.359 e. The van der Waals surface area contributed by atoms with Crippen LogP contribution in [0.2, 0.25) is 0 Å². The highest BCUT2D eigenvalue weighted by molar-refractivity contribution is 5.90. The zero-order valence-electron chi connectivity index (χ0n) is 12.2. The number of nitrogens with zero attached hydrogens (tertiary/aromatic N) is 2. The molecule has 2 amide bonds. The summed E-state index contributed by atoms with van der Waals surface area (Å²) in [5.41, 5.74) is 1.43. The molecule has 0 saturated carbocycles. The fourth-order valence-electron chi connectivity index (χ4n) is 2.62. The molecule has 1 saturated heterocycles. The van der Waals surface area contributed by atoms with Gasteiger partial charge in [0.25, 0.3) is 0 Å². The van der Waals surface area contributed by atoms with Gasteiger partial charge in [0.15, 0.2) is 5.76 Å². The molecule has 1 aromatic rings. The van der Waals surface area contributed by atoms with Gasteiger partial charge in [0.2, 0.25) is 0 Å². The molecule has 0 atom stereocenters. The summed E-state index contributed by atoms with van der Waals surface area (Å²) in [5.74, 6) is 2.10. The number of rotatable bonds is 2. The van der Waals surface area contributed by atoms with Gasteiger partial charge >= 0.3 is 6.03 Å². The fourth-order valence-corrected chi connectivity index (χ4v) is 2.62. The van der Waals surface area contributed by atoms with Crippen LogP contribution in [-0.4, -0.2) is 29.2 Å². The second kappa shape index (κ2) is 5.63. The van der Waals surface area contributed by atoms with E-state index in [1.54, 1.807) is 6.92 Å². The van der Waals surface area contributed by atoms with Crippen LogP contribution >= 0.6 is 0 Å². The van der Waals surface area contributed by atoms with Gasteiger partial charge in [-0.2, -0.15) is 0 Å². The molecular weight excluding hydrogens is 242 g/mol. The van der Waals surface area contributed by atoms with E-state index in [2.05, 4.69) is 24.3 Å². The SMILES string of the molecule is Cc1noc(C)c1NC(=O)N1CCC(C(C)C)CC1. The highest BCUT2D eigenvalue weighted by atomic mass is 16.5. The minimum atomic E-state index is -0.0448. The zero-order chi connectivity index (χ0) is 14.0. The first-order chi connectivity index (χ1) is 8.99. The van der Waals surface area contributed by atoms with Gasteiger partial charge in [-0.05, 0) is 38.5 Å². The summed E-state index contributed by atoms with van der Waals surface area (Å²) in [7, 11) is 0. The Morgan fingerprint density at radius 1 is 1.37 bits per heavy atom. The first kappa shape index (κ1) is 13.9. The molecule has 1 fully saturated rings. The van der Waals surface area contributed by atoms with E-state index < -0.39 is 0 Å². The third-order valence-electron chi connectivity index (χ3n) is 4.03. The van der Waals surface area contributed by atoms with Gasteiger partial charge in [-0.3, -0.25) is 0 Å². The summed E-state index contributed by atoms with van der Waals surface area (Å²) >= 11 is 0. The summed E-state index contributed by atoms with van der Waals surface area (Å²) in [6, 6.07) is -0.0448. The first-order valence-corrected chi connectivity index (χ1v) is 6.98. The lowest BCUT2D eigenvalue weighted by Crippen LogP contribution is -2.42. The Kier molecular flexibility index (Phi) is 4.12. The molecule has 2 heterocycles. The molecule has 0 radical (unpaired) electrons. The quantitative estimate of drug-likeness (QED) is 0.893. The number of urea groups is 1. The monoisotopic (exact) mass is 265 g/mol. The van der Waals surface area contributed by atoms with Crippen LogP contribution in [0.3, 0.4) is 0 Å². The predicted octanol–water partition coefficient (Wildman–Crippen LogP) is 3.19. The summed E-state index contributed by atoms with van der Waals surface area (Å²) in [5, 5.41) is 6.74. The van der Waals surface area contributed by atoms with Gasteiger partial charge in [-0.15, -0.1) is 0 Å². The second-order valence-corrected chi connectivity index (χ2v) is 5.70. The standard InChI is InChI=1S/C14H23N3O2/c1-9(2)12-5-7-17(8-6-12)14(18)15-13-10(3)16-19-11(13)4/h9,12H,5-8H2,1-4H3,(H,15,18). The van der Waals surface area contributed by atoms with E-state index >= 15 is 0 Å². The Bertz CT molecular complexity index is 426. The smallest absolute Gasteiger partial charge is 0.321 e. The molecule has 0 aliphatic carbocycles. The average molecular weight is 265 g/mol. The molecule has 0 unspecified atom stereocenters. The average Bonchev–Trinajstić information content (AvgIpc) is 2.70. The van der Waals surface area contributed by atoms with Gasteiger partial charge in [0.1, 0.15) is 11.4 Å². The van der Waals surface area contributed by atoms with Crippen molar-refractivity contribution in [3.63, 3.8) is 0 Å². The third kappa shape index (κ3) is 3.08. The van der Waals surface area contributed by atoms with Crippen molar-refractivity contribution in [2.24, 2.45) is 11.8 Å². The highest BCUT2D eigenvalue weighted by Crippen LogP contribution is 2.25. The summed E-state index contributed by atoms with van der Waals surface area (Å²) < 4.78 is 5.05. The molecular formula is C14H23N3O2. The van der Waals surface area contributed by atoms with Crippen molar-refractivity contribution < 1.29 is 9.32 Å². The number of nitrogens with one attached hydrogen (secondary N) is 1. The molecule has 1 aromatic heterocycles. The Hall–Kier alpha value is -1.52. The molecule has 19 heavy (non-hydrogen) atoms. The number of hydrogen-bond acceptors (Lipinski definition) is 3. The van der Waals surface area contributed by atoms with Gasteiger partial charge in [0.05, 0.1) is 0 Å². The van der Waals surface area contributed by atoms with Crippen molar-refractivity contribution in [3.05, 3.63) is 11.5 Å². The minimum Gasteiger partial charge on any atom is -0.359 e. The van der Waals surface area contributed by atoms with Crippen LogP contribution in [0, 0.1) is 25.7 Å². The van der Waals surface area contributed by atoms with Gasteiger partial charge in [-0.25, -0.2) is 4.79 Å². The van der Waals surface area contributed by atoms with Crippen LogP contribution in [-0.2, 0) is 0 Å². The molecule has 0 spiro atoms. The second-order valence-electron chi connectivity index (χ2n) is 5.70. The van der Waals surface area contributed by atoms with Crippen molar-refractivity contribution in [1.82, 2.24) is 10.1 Å². The van der Waals surface area contributed by atoms with Crippen LogP contribution in [0.4, 0.5) is 10.5 Å². The number of carbonyl (C=O) groups is 1. The number of aromatic nitrogens is 1. The van der Waals surface area contributed by atoms with Crippen molar-refractivity contribution in [3.8, 4) is 0 Å². The molecule has 1 aliphatic heterocycles. The summed E-state index contributed by atoms with van der Waals surface area (Å²) in [6.07, 6.45) is 2.18. The zero-order valence-corrected chi connectivity index (χ0v) is 12.2. The lowest BCUT2D eigenvalue weighted by atomic mass is 9.87. The number of hydrogen-bond donors (Lipinski definition) is 1. The van der Waals surface area contributed by atoms with Gasteiger partial charge in [0, 0.05) is 13.1 Å². The Labute approximate surface area is 114 Å². The number of carbonyl (C=O) groups excluding carboxylic acids is 1. The number of piperidine rings is 1. The van der Waals surface area contributed by atoms with E-state index in [1.165, 1.54) is 0 Å². The molecule has 1 aliphatic rings. The molecule has 106 valence electrons. The molecule has 0 aromatic carbocycles. The maximum absolute atomic E-state index is 12.2. The van der Waals surface area contributed by atoms with E-state index in [1.807, 2.05) is 11.8 Å². The van der Waals surface area contributed by atoms with E-state index in [9.17, 15) is 4.79 Å². The maximum Gasteiger partial charge on any atom is 0.321 e.